The van der Waals surface area contributed by atoms with E-state index in [1.807, 2.05) is 0 Å². The standard InChI is InChI=1S/C15H27N3S/c1-4-6-13-7-9-18(10-8-13)15-17-14(11-19-15)12(3)16-5-2/h11-13,16H,4-10H2,1-3H3. The fourth-order valence-corrected chi connectivity index (χ4v) is 3.83. The molecule has 2 heterocycles. The third-order valence-corrected chi connectivity index (χ3v) is 4.97. The van der Waals surface area contributed by atoms with Gasteiger partial charge in [0.2, 0.25) is 0 Å². The van der Waals surface area contributed by atoms with Crippen molar-refractivity contribution >= 4 is 16.5 Å². The number of piperidine rings is 1. The second-order valence-electron chi connectivity index (χ2n) is 5.55. The van der Waals surface area contributed by atoms with Gasteiger partial charge in [-0.05, 0) is 32.2 Å². The van der Waals surface area contributed by atoms with E-state index in [4.69, 9.17) is 4.98 Å². The normalized spacial score (nSPS) is 18.8. The highest BCUT2D eigenvalue weighted by molar-refractivity contribution is 7.13. The van der Waals surface area contributed by atoms with Gasteiger partial charge in [0.15, 0.2) is 5.13 Å². The fraction of sp³-hybridized carbons (Fsp3) is 0.800. The molecule has 0 amide bonds. The topological polar surface area (TPSA) is 28.2 Å². The highest BCUT2D eigenvalue weighted by Crippen LogP contribution is 2.29. The van der Waals surface area contributed by atoms with E-state index >= 15 is 0 Å². The van der Waals surface area contributed by atoms with Crippen molar-refractivity contribution in [2.45, 2.75) is 52.5 Å². The minimum atomic E-state index is 0.368. The van der Waals surface area contributed by atoms with Crippen LogP contribution in [0.15, 0.2) is 5.38 Å². The second kappa shape index (κ2) is 7.25. The molecule has 1 unspecified atom stereocenters. The van der Waals surface area contributed by atoms with Gasteiger partial charge in [0.05, 0.1) is 5.69 Å². The zero-order valence-electron chi connectivity index (χ0n) is 12.5. The molecule has 0 aromatic carbocycles. The Kier molecular flexibility index (Phi) is 5.64. The molecule has 1 saturated heterocycles. The van der Waals surface area contributed by atoms with Gasteiger partial charge < -0.3 is 10.2 Å². The van der Waals surface area contributed by atoms with E-state index in [-0.39, 0.29) is 0 Å². The molecule has 1 aliphatic heterocycles. The third kappa shape index (κ3) is 3.93. The maximum Gasteiger partial charge on any atom is 0.185 e. The van der Waals surface area contributed by atoms with Gasteiger partial charge >= 0.3 is 0 Å². The Bertz CT molecular complexity index is 369. The zero-order chi connectivity index (χ0) is 13.7. The molecule has 3 nitrogen and oxygen atoms in total. The van der Waals surface area contributed by atoms with Crippen LogP contribution in [-0.4, -0.2) is 24.6 Å². The maximum absolute atomic E-state index is 4.81. The van der Waals surface area contributed by atoms with E-state index in [0.717, 1.165) is 12.5 Å². The summed E-state index contributed by atoms with van der Waals surface area (Å²) in [5.74, 6) is 0.946. The van der Waals surface area contributed by atoms with Gasteiger partial charge in [0.25, 0.3) is 0 Å². The molecule has 1 fully saturated rings. The van der Waals surface area contributed by atoms with Crippen LogP contribution in [-0.2, 0) is 0 Å². The minimum absolute atomic E-state index is 0.368. The van der Waals surface area contributed by atoms with Crippen LogP contribution < -0.4 is 10.2 Å². The third-order valence-electron chi connectivity index (χ3n) is 4.05. The number of nitrogens with zero attached hydrogens (tertiary/aromatic N) is 2. The molecule has 1 aliphatic rings. The van der Waals surface area contributed by atoms with Crippen LogP contribution in [0.1, 0.15) is 58.2 Å². The lowest BCUT2D eigenvalue weighted by Gasteiger charge is -2.31. The first-order chi connectivity index (χ1) is 9.24. The fourth-order valence-electron chi connectivity index (χ4n) is 2.85. The lowest BCUT2D eigenvalue weighted by atomic mass is 9.93. The summed E-state index contributed by atoms with van der Waals surface area (Å²) >= 11 is 1.80. The first kappa shape index (κ1) is 14.8. The predicted octanol–water partition coefficient (Wildman–Crippen LogP) is 3.83. The number of thiazole rings is 1. The van der Waals surface area contributed by atoms with Crippen molar-refractivity contribution in [1.29, 1.82) is 0 Å². The Morgan fingerprint density at radius 3 is 2.79 bits per heavy atom. The molecule has 1 aromatic heterocycles. The van der Waals surface area contributed by atoms with Crippen LogP contribution in [0.5, 0.6) is 0 Å². The minimum Gasteiger partial charge on any atom is -0.348 e. The van der Waals surface area contributed by atoms with E-state index in [9.17, 15) is 0 Å². The van der Waals surface area contributed by atoms with Gasteiger partial charge in [-0.15, -0.1) is 11.3 Å². The van der Waals surface area contributed by atoms with E-state index in [0.29, 0.717) is 6.04 Å². The average Bonchev–Trinajstić information content (AvgIpc) is 2.90. The quantitative estimate of drug-likeness (QED) is 0.859. The van der Waals surface area contributed by atoms with Gasteiger partial charge in [-0.2, -0.15) is 0 Å². The van der Waals surface area contributed by atoms with Crippen molar-refractivity contribution in [3.8, 4) is 0 Å². The number of aromatic nitrogens is 1. The summed E-state index contributed by atoms with van der Waals surface area (Å²) in [4.78, 5) is 7.28. The number of nitrogens with one attached hydrogen (secondary N) is 1. The molecule has 0 radical (unpaired) electrons. The van der Waals surface area contributed by atoms with Gasteiger partial charge in [-0.1, -0.05) is 26.7 Å². The van der Waals surface area contributed by atoms with Crippen molar-refractivity contribution in [2.24, 2.45) is 5.92 Å². The summed E-state index contributed by atoms with van der Waals surface area (Å²) in [7, 11) is 0. The molecule has 1 aromatic rings. The Hall–Kier alpha value is -0.610. The van der Waals surface area contributed by atoms with Crippen LogP contribution in [0, 0.1) is 5.92 Å². The smallest absolute Gasteiger partial charge is 0.185 e. The van der Waals surface area contributed by atoms with Gasteiger partial charge in [-0.3, -0.25) is 0 Å². The molecular weight excluding hydrogens is 254 g/mol. The summed E-state index contributed by atoms with van der Waals surface area (Å²) in [6.07, 6.45) is 5.40. The molecule has 0 saturated carbocycles. The van der Waals surface area contributed by atoms with E-state index in [2.05, 4.69) is 36.4 Å². The number of anilines is 1. The molecule has 1 atom stereocenters. The summed E-state index contributed by atoms with van der Waals surface area (Å²) in [5.41, 5.74) is 1.19. The molecule has 1 N–H and O–H groups in total. The highest BCUT2D eigenvalue weighted by atomic mass is 32.1. The van der Waals surface area contributed by atoms with Crippen molar-refractivity contribution in [2.75, 3.05) is 24.5 Å². The monoisotopic (exact) mass is 281 g/mol. The average molecular weight is 281 g/mol. The molecule has 19 heavy (non-hydrogen) atoms. The van der Waals surface area contributed by atoms with Gasteiger partial charge in [-0.25, -0.2) is 4.98 Å². The molecule has 108 valence electrons. The van der Waals surface area contributed by atoms with E-state index in [1.165, 1.54) is 49.6 Å². The van der Waals surface area contributed by atoms with Crippen molar-refractivity contribution in [1.82, 2.24) is 10.3 Å². The number of hydrogen-bond donors (Lipinski definition) is 1. The molecule has 2 rings (SSSR count). The van der Waals surface area contributed by atoms with Crippen LogP contribution in [0.25, 0.3) is 0 Å². The Labute approximate surface area is 121 Å². The zero-order valence-corrected chi connectivity index (χ0v) is 13.3. The van der Waals surface area contributed by atoms with Crippen LogP contribution >= 0.6 is 11.3 Å². The van der Waals surface area contributed by atoms with E-state index < -0.39 is 0 Å². The second-order valence-corrected chi connectivity index (χ2v) is 6.39. The molecule has 0 bridgehead atoms. The first-order valence-corrected chi connectivity index (χ1v) is 8.56. The summed E-state index contributed by atoms with van der Waals surface area (Å²) in [6, 6.07) is 0.368. The van der Waals surface area contributed by atoms with Crippen LogP contribution in [0.2, 0.25) is 0 Å². The maximum atomic E-state index is 4.81. The number of rotatable bonds is 6. The number of hydrogen-bond acceptors (Lipinski definition) is 4. The lowest BCUT2D eigenvalue weighted by molar-refractivity contribution is 0.378. The van der Waals surface area contributed by atoms with Gasteiger partial charge in [0.1, 0.15) is 0 Å². The van der Waals surface area contributed by atoms with Crippen LogP contribution in [0.4, 0.5) is 5.13 Å². The molecule has 4 heteroatoms. The first-order valence-electron chi connectivity index (χ1n) is 7.68. The Morgan fingerprint density at radius 2 is 2.16 bits per heavy atom. The molecule has 0 aliphatic carbocycles. The lowest BCUT2D eigenvalue weighted by Crippen LogP contribution is -2.33. The van der Waals surface area contributed by atoms with Gasteiger partial charge in [0, 0.05) is 24.5 Å². The van der Waals surface area contributed by atoms with Crippen molar-refractivity contribution in [3.05, 3.63) is 11.1 Å². The SMILES string of the molecule is CCCC1CCN(c2nc(C(C)NCC)cs2)CC1. The molecular formula is C15H27N3S. The largest absolute Gasteiger partial charge is 0.348 e. The highest BCUT2D eigenvalue weighted by Gasteiger charge is 2.21. The summed E-state index contributed by atoms with van der Waals surface area (Å²) < 4.78 is 0. The van der Waals surface area contributed by atoms with Crippen molar-refractivity contribution < 1.29 is 0 Å². The predicted molar refractivity (Wildman–Crippen MR) is 84.1 cm³/mol. The van der Waals surface area contributed by atoms with E-state index in [1.54, 1.807) is 11.3 Å². The molecule has 0 spiro atoms. The van der Waals surface area contributed by atoms with Crippen molar-refractivity contribution in [3.63, 3.8) is 0 Å². The summed E-state index contributed by atoms with van der Waals surface area (Å²) in [5, 5.41) is 6.85. The Morgan fingerprint density at radius 1 is 1.42 bits per heavy atom. The Balaban J connectivity index is 1.89. The summed E-state index contributed by atoms with van der Waals surface area (Å²) in [6.45, 7) is 10.00. The van der Waals surface area contributed by atoms with Crippen LogP contribution in [0.3, 0.4) is 0 Å².